The lowest BCUT2D eigenvalue weighted by Crippen LogP contribution is -2.14. The second-order valence-electron chi connectivity index (χ2n) is 4.98. The third kappa shape index (κ3) is 2.52. The monoisotopic (exact) mass is 320 g/mol. The van der Waals surface area contributed by atoms with Crippen molar-refractivity contribution < 1.29 is 18.0 Å². The number of rotatable bonds is 2. The summed E-state index contributed by atoms with van der Waals surface area (Å²) >= 11 is 0. The van der Waals surface area contributed by atoms with Gasteiger partial charge in [0.25, 0.3) is 5.91 Å². The number of nitrogens with one attached hydrogen (secondary N) is 1. The molecule has 0 unspecified atom stereocenters. The fourth-order valence-electron chi connectivity index (χ4n) is 2.25. The fraction of sp³-hybridized carbons (Fsp3) is 0.133. The summed E-state index contributed by atoms with van der Waals surface area (Å²) in [6.07, 6.45) is 1.30. The molecular weight excluding hydrogens is 309 g/mol. The average molecular weight is 320 g/mol. The van der Waals surface area contributed by atoms with Gasteiger partial charge in [0.15, 0.2) is 23.1 Å². The fourth-order valence-corrected chi connectivity index (χ4v) is 2.25. The Balaban J connectivity index is 1.95. The highest BCUT2D eigenvalue weighted by atomic mass is 19.2. The van der Waals surface area contributed by atoms with Crippen LogP contribution in [-0.4, -0.2) is 20.7 Å². The van der Waals surface area contributed by atoms with Gasteiger partial charge >= 0.3 is 0 Å². The summed E-state index contributed by atoms with van der Waals surface area (Å²) < 4.78 is 41.2. The molecule has 0 atom stereocenters. The number of hydrogen-bond donors (Lipinski definition) is 1. The third-order valence-corrected chi connectivity index (χ3v) is 3.41. The van der Waals surface area contributed by atoms with Gasteiger partial charge in [-0.05, 0) is 25.1 Å². The van der Waals surface area contributed by atoms with E-state index in [-0.39, 0.29) is 5.56 Å². The van der Waals surface area contributed by atoms with Crippen molar-refractivity contribution in [2.24, 2.45) is 7.05 Å². The van der Waals surface area contributed by atoms with E-state index in [9.17, 15) is 18.0 Å². The highest BCUT2D eigenvalue weighted by molar-refractivity contribution is 6.05. The highest BCUT2D eigenvalue weighted by Gasteiger charge is 2.17. The molecule has 1 N–H and O–H groups in total. The first-order chi connectivity index (χ1) is 10.9. The lowest BCUT2D eigenvalue weighted by atomic mass is 10.2. The molecule has 8 heteroatoms. The molecule has 118 valence electrons. The molecule has 2 heterocycles. The van der Waals surface area contributed by atoms with Crippen molar-refractivity contribution in [2.45, 2.75) is 6.92 Å². The molecule has 0 fully saturated rings. The van der Waals surface area contributed by atoms with E-state index in [1.54, 1.807) is 24.7 Å². The van der Waals surface area contributed by atoms with Crippen molar-refractivity contribution >= 4 is 22.6 Å². The Morgan fingerprint density at radius 1 is 1.22 bits per heavy atom. The number of benzene rings is 1. The van der Waals surface area contributed by atoms with E-state index < -0.39 is 29.0 Å². The molecule has 2 aromatic heterocycles. The summed E-state index contributed by atoms with van der Waals surface area (Å²) in [6.45, 7) is 1.76. The minimum absolute atomic E-state index is 0.151. The smallest absolute Gasteiger partial charge is 0.257 e. The molecule has 0 aliphatic carbocycles. The maximum Gasteiger partial charge on any atom is 0.257 e. The van der Waals surface area contributed by atoms with Gasteiger partial charge in [0.05, 0.1) is 16.9 Å². The Labute approximate surface area is 128 Å². The van der Waals surface area contributed by atoms with Gasteiger partial charge in [0, 0.05) is 18.6 Å². The van der Waals surface area contributed by atoms with E-state index in [1.807, 2.05) is 0 Å². The van der Waals surface area contributed by atoms with E-state index in [4.69, 9.17) is 0 Å². The summed E-state index contributed by atoms with van der Waals surface area (Å²) in [5.41, 5.74) is 0.983. The molecule has 23 heavy (non-hydrogen) atoms. The maximum atomic E-state index is 13.6. The number of fused-ring (bicyclic) bond motifs is 1. The average Bonchev–Trinajstić information content (AvgIpc) is 2.82. The van der Waals surface area contributed by atoms with Gasteiger partial charge in [-0.1, -0.05) is 0 Å². The summed E-state index contributed by atoms with van der Waals surface area (Å²) in [5, 5.41) is 7.05. The SMILES string of the molecule is Cc1nn(C)c2ncc(C(=O)Nc3ccc(F)c(F)c3F)cc12. The van der Waals surface area contributed by atoms with Crippen LogP contribution in [0.25, 0.3) is 11.0 Å². The highest BCUT2D eigenvalue weighted by Crippen LogP contribution is 2.21. The number of hydrogen-bond acceptors (Lipinski definition) is 3. The number of carbonyl (C=O) groups excluding carboxylic acids is 1. The van der Waals surface area contributed by atoms with Crippen LogP contribution in [0.15, 0.2) is 24.4 Å². The van der Waals surface area contributed by atoms with Gasteiger partial charge in [-0.3, -0.25) is 9.48 Å². The molecule has 0 radical (unpaired) electrons. The first-order valence-electron chi connectivity index (χ1n) is 6.62. The molecule has 1 amide bonds. The van der Waals surface area contributed by atoms with Crippen LogP contribution in [0.5, 0.6) is 0 Å². The molecule has 0 aliphatic heterocycles. The quantitative estimate of drug-likeness (QED) is 0.739. The maximum absolute atomic E-state index is 13.6. The zero-order chi connectivity index (χ0) is 16.7. The molecule has 1 aromatic carbocycles. The van der Waals surface area contributed by atoms with Crippen molar-refractivity contribution in [3.05, 3.63) is 53.1 Å². The molecule has 0 aliphatic rings. The summed E-state index contributed by atoms with van der Waals surface area (Å²) in [4.78, 5) is 16.3. The van der Waals surface area contributed by atoms with Crippen LogP contribution in [-0.2, 0) is 7.05 Å². The van der Waals surface area contributed by atoms with Crippen LogP contribution < -0.4 is 5.32 Å². The number of amides is 1. The van der Waals surface area contributed by atoms with Gasteiger partial charge in [0.2, 0.25) is 0 Å². The third-order valence-electron chi connectivity index (χ3n) is 3.41. The van der Waals surface area contributed by atoms with E-state index in [1.165, 1.54) is 6.20 Å². The standard InChI is InChI=1S/C15H11F3N4O/c1-7-9-5-8(6-19-14(9)22(2)21-7)15(23)20-11-4-3-10(16)12(17)13(11)18/h3-6H,1-2H3,(H,20,23). The Morgan fingerprint density at radius 3 is 2.70 bits per heavy atom. The van der Waals surface area contributed by atoms with Gasteiger partial charge < -0.3 is 5.32 Å². The largest absolute Gasteiger partial charge is 0.319 e. The molecule has 3 rings (SSSR count). The van der Waals surface area contributed by atoms with E-state index in [2.05, 4.69) is 15.4 Å². The zero-order valence-electron chi connectivity index (χ0n) is 12.2. The van der Waals surface area contributed by atoms with Crippen LogP contribution in [0.3, 0.4) is 0 Å². The van der Waals surface area contributed by atoms with Crippen LogP contribution >= 0.6 is 0 Å². The zero-order valence-corrected chi connectivity index (χ0v) is 12.2. The number of nitrogens with zero attached hydrogens (tertiary/aromatic N) is 3. The van der Waals surface area contributed by atoms with Crippen LogP contribution in [0.1, 0.15) is 16.1 Å². The molecule has 0 spiro atoms. The molecule has 0 saturated carbocycles. The number of aromatic nitrogens is 3. The Hall–Kier alpha value is -2.90. The first-order valence-corrected chi connectivity index (χ1v) is 6.62. The van der Waals surface area contributed by atoms with Gasteiger partial charge in [-0.15, -0.1) is 0 Å². The number of pyridine rings is 1. The van der Waals surface area contributed by atoms with Crippen LogP contribution in [0, 0.1) is 24.4 Å². The van der Waals surface area contributed by atoms with Crippen molar-refractivity contribution in [3.8, 4) is 0 Å². The van der Waals surface area contributed by atoms with E-state index >= 15 is 0 Å². The van der Waals surface area contributed by atoms with E-state index in [0.717, 1.165) is 12.1 Å². The molecule has 5 nitrogen and oxygen atoms in total. The van der Waals surface area contributed by atoms with Gasteiger partial charge in [-0.25, -0.2) is 18.2 Å². The number of carbonyl (C=O) groups is 1. The first kappa shape index (κ1) is 15.0. The Bertz CT molecular complexity index is 936. The lowest BCUT2D eigenvalue weighted by Gasteiger charge is -2.07. The Morgan fingerprint density at radius 2 is 1.96 bits per heavy atom. The number of anilines is 1. The van der Waals surface area contributed by atoms with Crippen molar-refractivity contribution in [2.75, 3.05) is 5.32 Å². The topological polar surface area (TPSA) is 59.8 Å². The van der Waals surface area contributed by atoms with E-state index in [0.29, 0.717) is 16.7 Å². The Kier molecular flexibility index (Phi) is 3.51. The lowest BCUT2D eigenvalue weighted by molar-refractivity contribution is 0.102. The van der Waals surface area contributed by atoms with Crippen molar-refractivity contribution in [1.29, 1.82) is 0 Å². The molecule has 0 bridgehead atoms. The normalized spacial score (nSPS) is 11.0. The second kappa shape index (κ2) is 5.38. The summed E-state index contributed by atoms with van der Waals surface area (Å²) in [5.74, 6) is -5.11. The number of halogens is 3. The van der Waals surface area contributed by atoms with Crippen LogP contribution in [0.2, 0.25) is 0 Å². The van der Waals surface area contributed by atoms with Crippen LogP contribution in [0.4, 0.5) is 18.9 Å². The molecule has 3 aromatic rings. The van der Waals surface area contributed by atoms with Crippen molar-refractivity contribution in [3.63, 3.8) is 0 Å². The minimum atomic E-state index is -1.64. The second-order valence-corrected chi connectivity index (χ2v) is 4.98. The summed E-state index contributed by atoms with van der Waals surface area (Å²) in [7, 11) is 1.72. The van der Waals surface area contributed by atoms with Gasteiger partial charge in [0.1, 0.15) is 0 Å². The molecule has 0 saturated heterocycles. The predicted molar refractivity (Wildman–Crippen MR) is 77.5 cm³/mol. The summed E-state index contributed by atoms with van der Waals surface area (Å²) in [6, 6.07) is 3.24. The predicted octanol–water partition coefficient (Wildman–Crippen LogP) is 2.95. The minimum Gasteiger partial charge on any atom is -0.319 e. The van der Waals surface area contributed by atoms with Gasteiger partial charge in [-0.2, -0.15) is 5.10 Å². The molecular formula is C15H11F3N4O. The van der Waals surface area contributed by atoms with Crippen molar-refractivity contribution in [1.82, 2.24) is 14.8 Å². The number of aryl methyl sites for hydroxylation is 2.